The number of amides is 1. The van der Waals surface area contributed by atoms with Crippen molar-refractivity contribution in [2.24, 2.45) is 0 Å². The average molecular weight is 307 g/mol. The van der Waals surface area contributed by atoms with Gasteiger partial charge in [0.25, 0.3) is 0 Å². The molecule has 0 unspecified atom stereocenters. The van der Waals surface area contributed by atoms with Gasteiger partial charge >= 0.3 is 0 Å². The first-order chi connectivity index (χ1) is 11.1. The minimum Gasteiger partial charge on any atom is -0.349 e. The van der Waals surface area contributed by atoms with E-state index in [1.165, 1.54) is 12.1 Å². The number of benzene rings is 3. The van der Waals surface area contributed by atoms with Crippen molar-refractivity contribution in [3.8, 4) is 0 Å². The fraction of sp³-hybridized carbons (Fsp3) is 0.150. The molecule has 2 nitrogen and oxygen atoms in total. The molecular weight excluding hydrogens is 289 g/mol. The van der Waals surface area contributed by atoms with Gasteiger partial charge in [0.05, 0.1) is 12.5 Å². The second-order valence-corrected chi connectivity index (χ2v) is 5.70. The summed E-state index contributed by atoms with van der Waals surface area (Å²) in [6, 6.07) is 20.2. The lowest BCUT2D eigenvalue weighted by molar-refractivity contribution is -0.121. The zero-order valence-corrected chi connectivity index (χ0v) is 12.9. The topological polar surface area (TPSA) is 29.1 Å². The molecule has 0 aromatic heterocycles. The summed E-state index contributed by atoms with van der Waals surface area (Å²) in [4.78, 5) is 12.2. The highest BCUT2D eigenvalue weighted by atomic mass is 19.1. The van der Waals surface area contributed by atoms with E-state index in [0.717, 1.165) is 21.9 Å². The van der Waals surface area contributed by atoms with Gasteiger partial charge in [0.2, 0.25) is 5.91 Å². The summed E-state index contributed by atoms with van der Waals surface area (Å²) in [7, 11) is 0. The molecule has 3 rings (SSSR count). The van der Waals surface area contributed by atoms with Gasteiger partial charge in [-0.1, -0.05) is 54.6 Å². The van der Waals surface area contributed by atoms with Crippen LogP contribution in [-0.2, 0) is 11.2 Å². The normalized spacial score (nSPS) is 12.1. The zero-order chi connectivity index (χ0) is 16.2. The van der Waals surface area contributed by atoms with Crippen molar-refractivity contribution in [2.45, 2.75) is 19.4 Å². The smallest absolute Gasteiger partial charge is 0.224 e. The molecule has 1 N–H and O–H groups in total. The summed E-state index contributed by atoms with van der Waals surface area (Å²) in [6.07, 6.45) is 0.330. The number of carbonyl (C=O) groups excluding carboxylic acids is 1. The van der Waals surface area contributed by atoms with Gasteiger partial charge in [0.1, 0.15) is 5.82 Å². The highest BCUT2D eigenvalue weighted by Gasteiger charge is 2.10. The van der Waals surface area contributed by atoms with Crippen molar-refractivity contribution in [3.05, 3.63) is 83.7 Å². The van der Waals surface area contributed by atoms with Crippen molar-refractivity contribution in [3.63, 3.8) is 0 Å². The van der Waals surface area contributed by atoms with Gasteiger partial charge in [-0.15, -0.1) is 0 Å². The quantitative estimate of drug-likeness (QED) is 0.760. The zero-order valence-electron chi connectivity index (χ0n) is 12.9. The van der Waals surface area contributed by atoms with E-state index in [4.69, 9.17) is 0 Å². The molecule has 0 fully saturated rings. The van der Waals surface area contributed by atoms with E-state index in [9.17, 15) is 9.18 Å². The SMILES string of the molecule is C[C@H](NC(=O)Cc1ccc2ccccc2c1)c1ccc(F)cc1. The number of halogens is 1. The Morgan fingerprint density at radius 3 is 2.43 bits per heavy atom. The monoisotopic (exact) mass is 307 g/mol. The van der Waals surface area contributed by atoms with Gasteiger partial charge in [0, 0.05) is 0 Å². The summed E-state index contributed by atoms with van der Waals surface area (Å²) in [5.74, 6) is -0.319. The molecular formula is C20H18FNO. The molecule has 0 heterocycles. The van der Waals surface area contributed by atoms with Crippen molar-refractivity contribution in [1.29, 1.82) is 0 Å². The average Bonchev–Trinajstić information content (AvgIpc) is 2.55. The molecule has 0 bridgehead atoms. The number of carbonyl (C=O) groups is 1. The molecule has 3 aromatic rings. The van der Waals surface area contributed by atoms with Gasteiger partial charge < -0.3 is 5.32 Å². The van der Waals surface area contributed by atoms with Crippen LogP contribution in [0.1, 0.15) is 24.1 Å². The summed E-state index contributed by atoms with van der Waals surface area (Å²) >= 11 is 0. The number of fused-ring (bicyclic) bond motifs is 1. The number of hydrogen-bond acceptors (Lipinski definition) is 1. The van der Waals surface area contributed by atoms with E-state index in [1.54, 1.807) is 12.1 Å². The molecule has 23 heavy (non-hydrogen) atoms. The summed E-state index contributed by atoms with van der Waals surface area (Å²) < 4.78 is 12.9. The first-order valence-corrected chi connectivity index (χ1v) is 7.64. The Morgan fingerprint density at radius 2 is 1.70 bits per heavy atom. The molecule has 1 amide bonds. The van der Waals surface area contributed by atoms with Crippen LogP contribution in [0.4, 0.5) is 4.39 Å². The highest BCUT2D eigenvalue weighted by Crippen LogP contribution is 2.17. The Morgan fingerprint density at radius 1 is 1.00 bits per heavy atom. The molecule has 0 aliphatic carbocycles. The van der Waals surface area contributed by atoms with E-state index in [-0.39, 0.29) is 17.8 Å². The number of hydrogen-bond donors (Lipinski definition) is 1. The number of rotatable bonds is 4. The Labute approximate surface area is 135 Å². The molecule has 0 saturated carbocycles. The fourth-order valence-corrected chi connectivity index (χ4v) is 2.66. The maximum atomic E-state index is 12.9. The Hall–Kier alpha value is -2.68. The summed E-state index contributed by atoms with van der Waals surface area (Å²) in [5.41, 5.74) is 1.87. The minimum atomic E-state index is -0.275. The fourth-order valence-electron chi connectivity index (χ4n) is 2.66. The lowest BCUT2D eigenvalue weighted by Gasteiger charge is -2.14. The maximum absolute atomic E-state index is 12.9. The maximum Gasteiger partial charge on any atom is 0.224 e. The molecule has 116 valence electrons. The van der Waals surface area contributed by atoms with Crippen LogP contribution in [0.2, 0.25) is 0 Å². The second kappa shape index (κ2) is 6.61. The van der Waals surface area contributed by atoms with Crippen LogP contribution in [0.5, 0.6) is 0 Å². The van der Waals surface area contributed by atoms with Gasteiger partial charge in [0.15, 0.2) is 0 Å². The van der Waals surface area contributed by atoms with Gasteiger partial charge in [-0.3, -0.25) is 4.79 Å². The van der Waals surface area contributed by atoms with Crippen LogP contribution in [0.25, 0.3) is 10.8 Å². The highest BCUT2D eigenvalue weighted by molar-refractivity contribution is 5.85. The summed E-state index contributed by atoms with van der Waals surface area (Å²) in [5, 5.41) is 5.24. The van der Waals surface area contributed by atoms with Crippen molar-refractivity contribution >= 4 is 16.7 Å². The van der Waals surface area contributed by atoms with Gasteiger partial charge in [-0.25, -0.2) is 4.39 Å². The van der Waals surface area contributed by atoms with E-state index >= 15 is 0 Å². The van der Waals surface area contributed by atoms with E-state index in [1.807, 2.05) is 43.3 Å². The van der Waals surface area contributed by atoms with E-state index in [0.29, 0.717) is 6.42 Å². The third-order valence-electron chi connectivity index (χ3n) is 3.93. The predicted octanol–water partition coefficient (Wildman–Crippen LogP) is 4.40. The Balaban J connectivity index is 1.67. The first-order valence-electron chi connectivity index (χ1n) is 7.64. The second-order valence-electron chi connectivity index (χ2n) is 5.70. The van der Waals surface area contributed by atoms with Crippen LogP contribution >= 0.6 is 0 Å². The standard InChI is InChI=1S/C20H18FNO/c1-14(16-8-10-19(21)11-9-16)22-20(23)13-15-6-7-17-4-2-3-5-18(17)12-15/h2-12,14H,13H2,1H3,(H,22,23)/t14-/m0/s1. The lowest BCUT2D eigenvalue weighted by Crippen LogP contribution is -2.28. The molecule has 0 aliphatic heterocycles. The predicted molar refractivity (Wildman–Crippen MR) is 90.6 cm³/mol. The summed E-state index contributed by atoms with van der Waals surface area (Å²) in [6.45, 7) is 1.89. The number of nitrogens with one attached hydrogen (secondary N) is 1. The van der Waals surface area contributed by atoms with Crippen LogP contribution in [0.3, 0.4) is 0 Å². The molecule has 0 spiro atoms. The van der Waals surface area contributed by atoms with Crippen LogP contribution in [0, 0.1) is 5.82 Å². The van der Waals surface area contributed by atoms with Crippen LogP contribution in [0.15, 0.2) is 66.7 Å². The van der Waals surface area contributed by atoms with Gasteiger partial charge in [-0.05, 0) is 41.0 Å². The Bertz CT molecular complexity index is 826. The molecule has 1 atom stereocenters. The Kier molecular flexibility index (Phi) is 4.38. The molecule has 0 aliphatic rings. The first kappa shape index (κ1) is 15.2. The largest absolute Gasteiger partial charge is 0.349 e. The lowest BCUT2D eigenvalue weighted by atomic mass is 10.0. The third kappa shape index (κ3) is 3.75. The van der Waals surface area contributed by atoms with Gasteiger partial charge in [-0.2, -0.15) is 0 Å². The van der Waals surface area contributed by atoms with Crippen LogP contribution in [-0.4, -0.2) is 5.91 Å². The molecule has 3 aromatic carbocycles. The van der Waals surface area contributed by atoms with E-state index < -0.39 is 0 Å². The van der Waals surface area contributed by atoms with Crippen LogP contribution < -0.4 is 5.32 Å². The molecule has 3 heteroatoms. The molecule has 0 radical (unpaired) electrons. The van der Waals surface area contributed by atoms with Crippen molar-refractivity contribution < 1.29 is 9.18 Å². The van der Waals surface area contributed by atoms with E-state index in [2.05, 4.69) is 11.4 Å². The molecule has 0 saturated heterocycles. The van der Waals surface area contributed by atoms with Crippen molar-refractivity contribution in [2.75, 3.05) is 0 Å². The van der Waals surface area contributed by atoms with Crippen molar-refractivity contribution in [1.82, 2.24) is 5.32 Å². The minimum absolute atomic E-state index is 0.0443. The third-order valence-corrected chi connectivity index (χ3v) is 3.93.